The van der Waals surface area contributed by atoms with Gasteiger partial charge in [0.1, 0.15) is 11.2 Å². The Morgan fingerprint density at radius 2 is 0.724 bits per heavy atom. The molecule has 12 rings (SSSR count). The number of furan rings is 1. The van der Waals surface area contributed by atoms with Gasteiger partial charge < -0.3 is 9.32 Å². The Morgan fingerprint density at radius 3 is 1.28 bits per heavy atom. The van der Waals surface area contributed by atoms with Gasteiger partial charge in [-0.25, -0.2) is 0 Å². The second-order valence-electron chi connectivity index (χ2n) is 15.3. The van der Waals surface area contributed by atoms with E-state index in [9.17, 15) is 0 Å². The predicted molar refractivity (Wildman–Crippen MR) is 247 cm³/mol. The molecule has 2 nitrogen and oxygen atoms in total. The lowest BCUT2D eigenvalue weighted by atomic mass is 9.93. The van der Waals surface area contributed by atoms with Crippen LogP contribution in [0.1, 0.15) is 0 Å². The summed E-state index contributed by atoms with van der Waals surface area (Å²) in [5.41, 5.74) is 9.88. The molecule has 11 aromatic carbocycles. The van der Waals surface area contributed by atoms with Crippen molar-refractivity contribution in [2.45, 2.75) is 0 Å². The van der Waals surface area contributed by atoms with Crippen LogP contribution in [0.25, 0.3) is 98.1 Å². The van der Waals surface area contributed by atoms with Gasteiger partial charge in [-0.05, 0) is 131 Å². The van der Waals surface area contributed by atoms with Crippen molar-refractivity contribution >= 4 is 92.9 Å². The fraction of sp³-hybridized carbons (Fsp3) is 0. The van der Waals surface area contributed by atoms with Crippen LogP contribution in [0.2, 0.25) is 0 Å². The molecule has 1 aromatic heterocycles. The molecule has 0 spiro atoms. The lowest BCUT2D eigenvalue weighted by Gasteiger charge is -2.26. The molecule has 0 saturated heterocycles. The van der Waals surface area contributed by atoms with Gasteiger partial charge in [0.05, 0.1) is 0 Å². The third kappa shape index (κ3) is 5.12. The average molecular weight is 738 g/mol. The van der Waals surface area contributed by atoms with Crippen molar-refractivity contribution in [2.24, 2.45) is 0 Å². The highest BCUT2D eigenvalue weighted by atomic mass is 16.3. The van der Waals surface area contributed by atoms with E-state index in [1.807, 2.05) is 0 Å². The number of rotatable bonds is 5. The smallest absolute Gasteiger partial charge is 0.143 e. The third-order valence-corrected chi connectivity index (χ3v) is 12.0. The van der Waals surface area contributed by atoms with E-state index in [2.05, 4.69) is 217 Å². The lowest BCUT2D eigenvalue weighted by Crippen LogP contribution is -2.09. The van der Waals surface area contributed by atoms with E-state index in [1.54, 1.807) is 0 Å². The minimum atomic E-state index is 0.882. The molecule has 0 aliphatic heterocycles. The van der Waals surface area contributed by atoms with Crippen molar-refractivity contribution in [1.82, 2.24) is 0 Å². The molecule has 0 radical (unpaired) electrons. The Balaban J connectivity index is 1.02. The minimum absolute atomic E-state index is 0.882. The molecule has 0 N–H and O–H groups in total. The number of nitrogens with zero attached hydrogens (tertiary/aromatic N) is 1. The fourth-order valence-corrected chi connectivity index (χ4v) is 9.25. The molecule has 1 heterocycles. The molecule has 12 aromatic rings. The Bertz CT molecular complexity index is 3400. The number of hydrogen-bond acceptors (Lipinski definition) is 2. The van der Waals surface area contributed by atoms with Gasteiger partial charge in [-0.3, -0.25) is 0 Å². The van der Waals surface area contributed by atoms with E-state index in [0.717, 1.165) is 44.4 Å². The molecule has 0 atom stereocenters. The van der Waals surface area contributed by atoms with Crippen molar-refractivity contribution in [1.29, 1.82) is 0 Å². The minimum Gasteiger partial charge on any atom is -0.455 e. The summed E-state index contributed by atoms with van der Waals surface area (Å²) in [5.74, 6) is 0. The van der Waals surface area contributed by atoms with Gasteiger partial charge in [0.15, 0.2) is 0 Å². The first-order chi connectivity index (χ1) is 28.7. The van der Waals surface area contributed by atoms with Crippen molar-refractivity contribution in [2.75, 3.05) is 4.90 Å². The first-order valence-electron chi connectivity index (χ1n) is 19.9. The molecule has 0 amide bonds. The molecule has 270 valence electrons. The largest absolute Gasteiger partial charge is 0.455 e. The maximum atomic E-state index is 6.55. The average Bonchev–Trinajstić information content (AvgIpc) is 3.68. The second kappa shape index (κ2) is 12.9. The van der Waals surface area contributed by atoms with Crippen molar-refractivity contribution in [3.8, 4) is 22.3 Å². The summed E-state index contributed by atoms with van der Waals surface area (Å²) < 4.78 is 6.55. The maximum Gasteiger partial charge on any atom is 0.143 e. The summed E-state index contributed by atoms with van der Waals surface area (Å²) in [6, 6.07) is 77.1. The van der Waals surface area contributed by atoms with Gasteiger partial charge in [0.2, 0.25) is 0 Å². The standard InChI is InChI=1S/C56H35NO/c1-6-16-46-36(11-1)25-31-51-54-35-43(30-32-55(54)58-56(46)51)57(41-26-21-37(22-27-41)52-33-39-12-2-4-14-44(39)47-17-7-9-19-49(47)52)42-28-23-38(24-29-42)53-34-40-13-3-5-15-45(40)48-18-8-10-20-50(48)53/h1-35H. The molecule has 0 aliphatic carbocycles. The van der Waals surface area contributed by atoms with E-state index in [-0.39, 0.29) is 0 Å². The molecular weight excluding hydrogens is 703 g/mol. The van der Waals surface area contributed by atoms with E-state index >= 15 is 0 Å². The van der Waals surface area contributed by atoms with Crippen molar-refractivity contribution < 1.29 is 4.42 Å². The number of hydrogen-bond donors (Lipinski definition) is 0. The van der Waals surface area contributed by atoms with Crippen LogP contribution in [-0.4, -0.2) is 0 Å². The molecular formula is C56H35NO. The van der Waals surface area contributed by atoms with Gasteiger partial charge in [0, 0.05) is 33.2 Å². The van der Waals surface area contributed by atoms with Crippen molar-refractivity contribution in [3.63, 3.8) is 0 Å². The quantitative estimate of drug-likeness (QED) is 0.164. The van der Waals surface area contributed by atoms with Crippen molar-refractivity contribution in [3.05, 3.63) is 212 Å². The summed E-state index contributed by atoms with van der Waals surface area (Å²) in [6.07, 6.45) is 0. The normalized spacial score (nSPS) is 11.8. The van der Waals surface area contributed by atoms with Crippen LogP contribution in [0.5, 0.6) is 0 Å². The summed E-state index contributed by atoms with van der Waals surface area (Å²) in [4.78, 5) is 2.36. The van der Waals surface area contributed by atoms with Crippen LogP contribution >= 0.6 is 0 Å². The third-order valence-electron chi connectivity index (χ3n) is 12.0. The molecule has 2 heteroatoms. The SMILES string of the molecule is c1ccc2c(c1)cc(-c1ccc(N(c3ccc(-c4cc5ccccc5c5ccccc45)cc3)c3ccc4oc5c6ccccc6ccc5c4c3)cc1)c1ccccc12. The lowest BCUT2D eigenvalue weighted by molar-refractivity contribution is 0.672. The Labute approximate surface area is 335 Å². The van der Waals surface area contributed by atoms with Crippen LogP contribution in [0.4, 0.5) is 17.1 Å². The zero-order valence-corrected chi connectivity index (χ0v) is 31.6. The Hall–Kier alpha value is -7.68. The molecule has 0 fully saturated rings. The highest BCUT2D eigenvalue weighted by Crippen LogP contribution is 2.43. The number of fused-ring (bicyclic) bond motifs is 11. The monoisotopic (exact) mass is 737 g/mol. The Kier molecular flexibility index (Phi) is 7.26. The molecule has 0 saturated carbocycles. The molecule has 0 aliphatic rings. The second-order valence-corrected chi connectivity index (χ2v) is 15.3. The van der Waals surface area contributed by atoms with E-state index in [1.165, 1.54) is 70.7 Å². The topological polar surface area (TPSA) is 16.4 Å². The molecule has 0 bridgehead atoms. The van der Waals surface area contributed by atoms with Gasteiger partial charge >= 0.3 is 0 Å². The highest BCUT2D eigenvalue weighted by molar-refractivity contribution is 6.17. The van der Waals surface area contributed by atoms with Crippen LogP contribution in [0.15, 0.2) is 217 Å². The summed E-state index contributed by atoms with van der Waals surface area (Å²) in [5, 5.41) is 14.6. The zero-order chi connectivity index (χ0) is 38.2. The Morgan fingerprint density at radius 1 is 0.276 bits per heavy atom. The van der Waals surface area contributed by atoms with E-state index in [4.69, 9.17) is 4.42 Å². The summed E-state index contributed by atoms with van der Waals surface area (Å²) >= 11 is 0. The summed E-state index contributed by atoms with van der Waals surface area (Å²) in [6.45, 7) is 0. The summed E-state index contributed by atoms with van der Waals surface area (Å²) in [7, 11) is 0. The molecule has 58 heavy (non-hydrogen) atoms. The number of benzene rings is 11. The fourth-order valence-electron chi connectivity index (χ4n) is 9.25. The first kappa shape index (κ1) is 32.6. The molecule has 0 unspecified atom stereocenters. The van der Waals surface area contributed by atoms with Gasteiger partial charge in [-0.15, -0.1) is 0 Å². The van der Waals surface area contributed by atoms with Crippen LogP contribution in [-0.2, 0) is 0 Å². The highest BCUT2D eigenvalue weighted by Gasteiger charge is 2.18. The first-order valence-corrected chi connectivity index (χ1v) is 19.9. The maximum absolute atomic E-state index is 6.55. The zero-order valence-electron chi connectivity index (χ0n) is 31.6. The van der Waals surface area contributed by atoms with Crippen LogP contribution in [0, 0.1) is 0 Å². The van der Waals surface area contributed by atoms with Crippen LogP contribution < -0.4 is 4.90 Å². The number of anilines is 3. The van der Waals surface area contributed by atoms with Crippen LogP contribution in [0.3, 0.4) is 0 Å². The van der Waals surface area contributed by atoms with E-state index < -0.39 is 0 Å². The van der Waals surface area contributed by atoms with Gasteiger partial charge in [-0.2, -0.15) is 0 Å². The van der Waals surface area contributed by atoms with Gasteiger partial charge in [0.25, 0.3) is 0 Å². The predicted octanol–water partition coefficient (Wildman–Crippen LogP) is 16.2. The van der Waals surface area contributed by atoms with Gasteiger partial charge in [-0.1, -0.05) is 152 Å². The van der Waals surface area contributed by atoms with E-state index in [0.29, 0.717) is 0 Å².